The fourth-order valence-electron chi connectivity index (χ4n) is 3.62. The molecule has 154 valence electrons. The number of benzene rings is 3. The van der Waals surface area contributed by atoms with Gasteiger partial charge in [0.1, 0.15) is 23.4 Å². The lowest BCUT2D eigenvalue weighted by Crippen LogP contribution is -2.43. The van der Waals surface area contributed by atoms with Gasteiger partial charge in [-0.1, -0.05) is 28.1 Å². The number of carbonyl (C=O) groups excluding carboxylic acids is 1. The highest BCUT2D eigenvalue weighted by molar-refractivity contribution is 9.10. The molecule has 4 rings (SSSR count). The van der Waals surface area contributed by atoms with Crippen LogP contribution in [0.1, 0.15) is 22.1 Å². The Hall–Kier alpha value is -3.19. The molecule has 1 amide bonds. The summed E-state index contributed by atoms with van der Waals surface area (Å²) in [5.74, 6) is 1.70. The van der Waals surface area contributed by atoms with Crippen molar-refractivity contribution in [1.82, 2.24) is 0 Å². The Labute approximate surface area is 183 Å². The number of para-hydroxylation sites is 1. The summed E-state index contributed by atoms with van der Waals surface area (Å²) in [6.45, 7) is 0. The van der Waals surface area contributed by atoms with Crippen molar-refractivity contribution < 1.29 is 19.0 Å². The van der Waals surface area contributed by atoms with E-state index in [1.165, 1.54) is 0 Å². The van der Waals surface area contributed by atoms with Crippen LogP contribution in [0.4, 0.5) is 11.4 Å². The SMILES string of the molecule is COc1ccc(N2C(=O)c3ccccc3NC2c2cc(Br)ccc2OC)c(OC)c1. The number of carbonyl (C=O) groups is 1. The minimum Gasteiger partial charge on any atom is -0.497 e. The lowest BCUT2D eigenvalue weighted by molar-refractivity contribution is 0.0974. The van der Waals surface area contributed by atoms with Gasteiger partial charge in [0.2, 0.25) is 0 Å². The first kappa shape index (κ1) is 20.1. The third-order valence-corrected chi connectivity index (χ3v) is 5.55. The van der Waals surface area contributed by atoms with E-state index in [9.17, 15) is 4.79 Å². The minimum atomic E-state index is -0.512. The summed E-state index contributed by atoms with van der Waals surface area (Å²) in [7, 11) is 4.78. The van der Waals surface area contributed by atoms with Crippen LogP contribution in [0.5, 0.6) is 17.2 Å². The molecule has 0 spiro atoms. The van der Waals surface area contributed by atoms with Crippen LogP contribution in [0.3, 0.4) is 0 Å². The van der Waals surface area contributed by atoms with Gasteiger partial charge in [-0.25, -0.2) is 0 Å². The normalized spacial score (nSPS) is 15.3. The van der Waals surface area contributed by atoms with E-state index >= 15 is 0 Å². The average molecular weight is 469 g/mol. The number of amides is 1. The molecule has 0 bridgehead atoms. The second-order valence-electron chi connectivity index (χ2n) is 6.69. The van der Waals surface area contributed by atoms with Crippen LogP contribution in [0.15, 0.2) is 65.1 Å². The summed E-state index contributed by atoms with van der Waals surface area (Å²) in [4.78, 5) is 15.3. The summed E-state index contributed by atoms with van der Waals surface area (Å²) in [6.07, 6.45) is -0.512. The number of hydrogen-bond donors (Lipinski definition) is 1. The first-order valence-corrected chi connectivity index (χ1v) is 10.1. The molecular weight excluding hydrogens is 448 g/mol. The molecule has 0 aromatic heterocycles. The summed E-state index contributed by atoms with van der Waals surface area (Å²) < 4.78 is 17.4. The zero-order chi connectivity index (χ0) is 21.3. The van der Waals surface area contributed by atoms with Crippen LogP contribution in [0.25, 0.3) is 0 Å². The van der Waals surface area contributed by atoms with E-state index in [1.807, 2.05) is 48.5 Å². The topological polar surface area (TPSA) is 60.0 Å². The molecule has 0 aliphatic carbocycles. The number of ether oxygens (including phenoxy) is 3. The zero-order valence-corrected chi connectivity index (χ0v) is 18.4. The molecule has 1 aliphatic heterocycles. The summed E-state index contributed by atoms with van der Waals surface area (Å²) in [6, 6.07) is 18.6. The Bertz CT molecular complexity index is 1100. The third-order valence-electron chi connectivity index (χ3n) is 5.06. The van der Waals surface area contributed by atoms with Gasteiger partial charge in [-0.05, 0) is 42.5 Å². The Morgan fingerprint density at radius 3 is 2.40 bits per heavy atom. The van der Waals surface area contributed by atoms with E-state index in [1.54, 1.807) is 38.4 Å². The first-order chi connectivity index (χ1) is 14.6. The molecule has 1 N–H and O–H groups in total. The Morgan fingerprint density at radius 1 is 0.900 bits per heavy atom. The summed E-state index contributed by atoms with van der Waals surface area (Å²) in [5.41, 5.74) is 2.78. The molecular formula is C23H21BrN2O4. The van der Waals surface area contributed by atoms with E-state index < -0.39 is 6.17 Å². The van der Waals surface area contributed by atoms with Crippen LogP contribution in [0.2, 0.25) is 0 Å². The van der Waals surface area contributed by atoms with Crippen LogP contribution >= 0.6 is 15.9 Å². The number of nitrogens with zero attached hydrogens (tertiary/aromatic N) is 1. The molecule has 7 heteroatoms. The highest BCUT2D eigenvalue weighted by Gasteiger charge is 2.37. The van der Waals surface area contributed by atoms with Crippen LogP contribution in [-0.4, -0.2) is 27.2 Å². The second-order valence-corrected chi connectivity index (χ2v) is 7.61. The molecule has 0 fully saturated rings. The highest BCUT2D eigenvalue weighted by Crippen LogP contribution is 2.44. The van der Waals surface area contributed by atoms with Gasteiger partial charge in [0, 0.05) is 21.8 Å². The van der Waals surface area contributed by atoms with Gasteiger partial charge in [-0.3, -0.25) is 9.69 Å². The maximum atomic E-state index is 13.7. The van der Waals surface area contributed by atoms with Crippen molar-refractivity contribution in [2.45, 2.75) is 6.17 Å². The number of halogens is 1. The largest absolute Gasteiger partial charge is 0.497 e. The molecule has 3 aromatic rings. The molecule has 30 heavy (non-hydrogen) atoms. The standard InChI is InChI=1S/C23H21BrN2O4/c1-28-15-9-10-19(21(13-15)30-3)26-22(17-12-14(24)8-11-20(17)29-2)25-18-7-5-4-6-16(18)23(26)27/h4-13,22,25H,1-3H3. The van der Waals surface area contributed by atoms with Gasteiger partial charge in [-0.15, -0.1) is 0 Å². The number of anilines is 2. The van der Waals surface area contributed by atoms with Crippen molar-refractivity contribution in [3.05, 3.63) is 76.3 Å². The second kappa shape index (κ2) is 8.28. The van der Waals surface area contributed by atoms with Crippen LogP contribution in [0, 0.1) is 0 Å². The molecule has 1 aliphatic rings. The molecule has 1 unspecified atom stereocenters. The molecule has 1 atom stereocenters. The van der Waals surface area contributed by atoms with Crippen molar-refractivity contribution in [1.29, 1.82) is 0 Å². The van der Waals surface area contributed by atoms with Crippen molar-refractivity contribution in [3.8, 4) is 17.2 Å². The Kier molecular flexibility index (Phi) is 5.55. The maximum absolute atomic E-state index is 13.7. The van der Waals surface area contributed by atoms with Crippen molar-refractivity contribution in [3.63, 3.8) is 0 Å². The summed E-state index contributed by atoms with van der Waals surface area (Å²) in [5, 5.41) is 3.49. The monoisotopic (exact) mass is 468 g/mol. The van der Waals surface area contributed by atoms with E-state index in [0.717, 1.165) is 15.7 Å². The number of hydrogen-bond acceptors (Lipinski definition) is 5. The van der Waals surface area contributed by atoms with Crippen molar-refractivity contribution in [2.75, 3.05) is 31.5 Å². The third kappa shape index (κ3) is 3.45. The molecule has 1 heterocycles. The number of fused-ring (bicyclic) bond motifs is 1. The summed E-state index contributed by atoms with van der Waals surface area (Å²) >= 11 is 3.53. The Morgan fingerprint density at radius 2 is 1.67 bits per heavy atom. The molecule has 0 saturated carbocycles. The lowest BCUT2D eigenvalue weighted by atomic mass is 10.0. The van der Waals surface area contributed by atoms with Crippen molar-refractivity contribution >= 4 is 33.2 Å². The van der Waals surface area contributed by atoms with Gasteiger partial charge in [0.05, 0.1) is 32.6 Å². The van der Waals surface area contributed by atoms with Gasteiger partial charge in [-0.2, -0.15) is 0 Å². The fraction of sp³-hybridized carbons (Fsp3) is 0.174. The van der Waals surface area contributed by atoms with Gasteiger partial charge >= 0.3 is 0 Å². The number of rotatable bonds is 5. The smallest absolute Gasteiger partial charge is 0.262 e. The molecule has 3 aromatic carbocycles. The van der Waals surface area contributed by atoms with E-state index in [2.05, 4.69) is 21.2 Å². The predicted molar refractivity (Wildman–Crippen MR) is 120 cm³/mol. The number of methoxy groups -OCH3 is 3. The number of nitrogens with one attached hydrogen (secondary N) is 1. The minimum absolute atomic E-state index is 0.139. The first-order valence-electron chi connectivity index (χ1n) is 9.32. The van der Waals surface area contributed by atoms with Gasteiger partial charge in [0.25, 0.3) is 5.91 Å². The van der Waals surface area contributed by atoms with Crippen LogP contribution in [-0.2, 0) is 0 Å². The van der Waals surface area contributed by atoms with Gasteiger partial charge in [0.15, 0.2) is 0 Å². The molecule has 0 radical (unpaired) electrons. The fourth-order valence-corrected chi connectivity index (χ4v) is 4.00. The van der Waals surface area contributed by atoms with Crippen molar-refractivity contribution in [2.24, 2.45) is 0 Å². The maximum Gasteiger partial charge on any atom is 0.262 e. The Balaban J connectivity index is 1.94. The van der Waals surface area contributed by atoms with E-state index in [0.29, 0.717) is 28.5 Å². The van der Waals surface area contributed by atoms with E-state index in [-0.39, 0.29) is 5.91 Å². The average Bonchev–Trinajstić information content (AvgIpc) is 2.78. The zero-order valence-electron chi connectivity index (χ0n) is 16.8. The lowest BCUT2D eigenvalue weighted by Gasteiger charge is -2.39. The highest BCUT2D eigenvalue weighted by atomic mass is 79.9. The predicted octanol–water partition coefficient (Wildman–Crippen LogP) is 5.25. The quantitative estimate of drug-likeness (QED) is 0.554. The van der Waals surface area contributed by atoms with E-state index in [4.69, 9.17) is 14.2 Å². The molecule has 0 saturated heterocycles. The molecule has 6 nitrogen and oxygen atoms in total. The van der Waals surface area contributed by atoms with Gasteiger partial charge < -0.3 is 19.5 Å². The van der Waals surface area contributed by atoms with Crippen LogP contribution < -0.4 is 24.4 Å².